The highest BCUT2D eigenvalue weighted by atomic mass is 35.5. The van der Waals surface area contributed by atoms with Crippen LogP contribution in [0.25, 0.3) is 16.7 Å². The summed E-state index contributed by atoms with van der Waals surface area (Å²) in [6.45, 7) is 1.91. The number of pyridine rings is 1. The predicted molar refractivity (Wildman–Crippen MR) is 144 cm³/mol. The Morgan fingerprint density at radius 1 is 1.00 bits per heavy atom. The summed E-state index contributed by atoms with van der Waals surface area (Å²) in [5.74, 6) is 1.27. The van der Waals surface area contributed by atoms with E-state index in [2.05, 4.69) is 15.6 Å². The molecule has 0 fully saturated rings. The van der Waals surface area contributed by atoms with Gasteiger partial charge in [0.25, 0.3) is 0 Å². The minimum atomic E-state index is 0.490. The maximum Gasteiger partial charge on any atom is 0.166 e. The van der Waals surface area contributed by atoms with Crippen LogP contribution < -0.4 is 15.4 Å². The fourth-order valence-electron chi connectivity index (χ4n) is 3.41. The number of fused-ring (bicyclic) bond motifs is 1. The van der Waals surface area contributed by atoms with E-state index in [9.17, 15) is 9.59 Å². The fourth-order valence-corrected chi connectivity index (χ4v) is 3.90. The summed E-state index contributed by atoms with van der Waals surface area (Å²) in [7, 11) is 7.14. The number of anilines is 1. The maximum atomic E-state index is 11.3. The van der Waals surface area contributed by atoms with E-state index in [1.807, 2.05) is 45.3 Å². The second kappa shape index (κ2) is 13.5. The molecule has 2 N–H and O–H groups in total. The Morgan fingerprint density at radius 2 is 1.71 bits per heavy atom. The molecule has 0 amide bonds. The van der Waals surface area contributed by atoms with Gasteiger partial charge in [-0.2, -0.15) is 0 Å². The molecule has 0 aliphatic carbocycles. The molecule has 0 saturated carbocycles. The number of benzene rings is 2. The van der Waals surface area contributed by atoms with E-state index in [0.29, 0.717) is 27.1 Å². The molecule has 0 bridgehead atoms. The smallest absolute Gasteiger partial charge is 0.166 e. The number of methoxy groups -OCH3 is 1. The molecule has 0 saturated heterocycles. The molecule has 0 spiro atoms. The third-order valence-electron chi connectivity index (χ3n) is 4.82. The molecule has 2 aromatic carbocycles. The lowest BCUT2D eigenvalue weighted by atomic mass is 10.1. The van der Waals surface area contributed by atoms with Crippen molar-refractivity contribution in [3.63, 3.8) is 0 Å². The third kappa shape index (κ3) is 6.82. The molecule has 7 nitrogen and oxygen atoms in total. The summed E-state index contributed by atoms with van der Waals surface area (Å²) in [6.07, 6.45) is 3.23. The molecule has 0 unspecified atom stereocenters. The summed E-state index contributed by atoms with van der Waals surface area (Å²) in [5.41, 5.74) is 3.77. The van der Waals surface area contributed by atoms with Crippen LogP contribution in [0.1, 0.15) is 26.4 Å². The van der Waals surface area contributed by atoms with Crippen LogP contribution in [0.3, 0.4) is 0 Å². The molecule has 9 heteroatoms. The van der Waals surface area contributed by atoms with Gasteiger partial charge in [0.05, 0.1) is 23.3 Å². The van der Waals surface area contributed by atoms with Gasteiger partial charge >= 0.3 is 0 Å². The predicted octanol–water partition coefficient (Wildman–Crippen LogP) is 5.84. The molecular weight excluding hydrogens is 487 g/mol. The number of aldehydes is 2. The van der Waals surface area contributed by atoms with E-state index in [1.54, 1.807) is 49.2 Å². The van der Waals surface area contributed by atoms with Crippen molar-refractivity contribution in [2.45, 2.75) is 6.92 Å². The van der Waals surface area contributed by atoms with E-state index >= 15 is 0 Å². The molecule has 2 heterocycles. The van der Waals surface area contributed by atoms with Crippen molar-refractivity contribution in [2.75, 3.05) is 33.6 Å². The van der Waals surface area contributed by atoms with Crippen LogP contribution in [0.2, 0.25) is 10.0 Å². The zero-order valence-corrected chi connectivity index (χ0v) is 21.7. The number of hydrogen-bond donors (Lipinski definition) is 2. The third-order valence-corrected chi connectivity index (χ3v) is 5.33. The van der Waals surface area contributed by atoms with Gasteiger partial charge in [-0.25, -0.2) is 4.98 Å². The molecule has 35 heavy (non-hydrogen) atoms. The first kappa shape index (κ1) is 27.9. The Bertz CT molecular complexity index is 1310. The number of nitrogens with one attached hydrogen (secondary N) is 2. The molecule has 0 atom stereocenters. The number of rotatable bonds is 5. The first-order chi connectivity index (χ1) is 16.8. The molecule has 0 radical (unpaired) electrons. The largest absolute Gasteiger partial charge is 0.497 e. The van der Waals surface area contributed by atoms with Gasteiger partial charge in [-0.05, 0) is 75.1 Å². The van der Waals surface area contributed by atoms with Gasteiger partial charge in [-0.3, -0.25) is 14.2 Å². The van der Waals surface area contributed by atoms with E-state index in [1.165, 1.54) is 0 Å². The van der Waals surface area contributed by atoms with Crippen LogP contribution in [0.4, 0.5) is 5.69 Å². The van der Waals surface area contributed by atoms with Gasteiger partial charge in [-0.15, -0.1) is 0 Å². The average Bonchev–Trinajstić information content (AvgIpc) is 3.22. The minimum absolute atomic E-state index is 0.490. The Kier molecular flexibility index (Phi) is 10.7. The second-order valence-corrected chi connectivity index (χ2v) is 8.15. The van der Waals surface area contributed by atoms with Gasteiger partial charge in [-0.1, -0.05) is 23.2 Å². The molecule has 184 valence electrons. The normalized spacial score (nSPS) is 9.91. The Labute approximate surface area is 215 Å². The maximum absolute atomic E-state index is 11.3. The average molecular weight is 515 g/mol. The Hall–Kier alpha value is -3.39. The lowest BCUT2D eigenvalue weighted by Crippen LogP contribution is -2.02. The van der Waals surface area contributed by atoms with Crippen LogP contribution in [-0.4, -0.2) is 50.4 Å². The Balaban J connectivity index is 0.000000246. The minimum Gasteiger partial charge on any atom is -0.497 e. The molecule has 0 aliphatic heterocycles. The number of aryl methyl sites for hydroxylation is 1. The number of carbonyl (C=O) groups excluding carboxylic acids is 2. The summed E-state index contributed by atoms with van der Waals surface area (Å²) in [6, 6.07) is 14.3. The SMILES string of the molecule is CNC.CNc1c(C)cc(Cl)cc1C=O.COc1ccc2c(c1)cc(C=O)n2-c1ncccc1Cl. The van der Waals surface area contributed by atoms with E-state index in [4.69, 9.17) is 27.9 Å². The van der Waals surface area contributed by atoms with Crippen molar-refractivity contribution < 1.29 is 14.3 Å². The highest BCUT2D eigenvalue weighted by molar-refractivity contribution is 6.32. The van der Waals surface area contributed by atoms with E-state index in [-0.39, 0.29) is 0 Å². The summed E-state index contributed by atoms with van der Waals surface area (Å²) in [4.78, 5) is 26.2. The van der Waals surface area contributed by atoms with Crippen molar-refractivity contribution >= 4 is 52.4 Å². The molecular formula is C26H28Cl2N4O3. The number of hydrogen-bond acceptors (Lipinski definition) is 6. The second-order valence-electron chi connectivity index (χ2n) is 7.31. The van der Waals surface area contributed by atoms with Crippen molar-refractivity contribution in [3.8, 4) is 11.6 Å². The number of halogens is 2. The standard InChI is InChI=1S/C15H11ClN2O2.C9H10ClNO.C2H7N/c1-20-12-4-5-14-10(8-12)7-11(9-19)18(14)15-13(16)3-2-6-17-15;1-6-3-8(10)4-7(5-12)9(6)11-2;1-3-2/h2-9H,1H3;3-5,11H,1-2H3;3H,1-2H3. The van der Waals surface area contributed by atoms with Crippen molar-refractivity contribution in [1.29, 1.82) is 0 Å². The van der Waals surface area contributed by atoms with Crippen LogP contribution in [0, 0.1) is 6.92 Å². The lowest BCUT2D eigenvalue weighted by Gasteiger charge is -2.08. The van der Waals surface area contributed by atoms with E-state index < -0.39 is 0 Å². The van der Waals surface area contributed by atoms with Gasteiger partial charge in [0.15, 0.2) is 18.4 Å². The van der Waals surface area contributed by atoms with Crippen molar-refractivity contribution in [2.24, 2.45) is 0 Å². The van der Waals surface area contributed by atoms with Crippen LogP contribution in [-0.2, 0) is 0 Å². The topological polar surface area (TPSA) is 85.3 Å². The number of nitrogens with zero attached hydrogens (tertiary/aromatic N) is 2. The van der Waals surface area contributed by atoms with Crippen molar-refractivity contribution in [3.05, 3.63) is 81.6 Å². The van der Waals surface area contributed by atoms with Crippen molar-refractivity contribution in [1.82, 2.24) is 14.9 Å². The zero-order valence-electron chi connectivity index (χ0n) is 20.2. The highest BCUT2D eigenvalue weighted by Crippen LogP contribution is 2.29. The quantitative estimate of drug-likeness (QED) is 0.325. The van der Waals surface area contributed by atoms with Gasteiger partial charge in [0.2, 0.25) is 0 Å². The zero-order chi connectivity index (χ0) is 26.0. The molecule has 4 rings (SSSR count). The van der Waals surface area contributed by atoms with Gasteiger partial charge < -0.3 is 15.4 Å². The monoisotopic (exact) mass is 514 g/mol. The number of carbonyl (C=O) groups is 2. The van der Waals surface area contributed by atoms with Gasteiger partial charge in [0, 0.05) is 34.9 Å². The highest BCUT2D eigenvalue weighted by Gasteiger charge is 2.14. The van der Waals surface area contributed by atoms with E-state index in [0.717, 1.165) is 40.5 Å². The summed E-state index contributed by atoms with van der Waals surface area (Å²) < 4.78 is 6.94. The first-order valence-electron chi connectivity index (χ1n) is 10.6. The first-order valence-corrected chi connectivity index (χ1v) is 11.4. The number of aromatic nitrogens is 2. The van der Waals surface area contributed by atoms with Gasteiger partial charge in [0.1, 0.15) is 5.75 Å². The lowest BCUT2D eigenvalue weighted by molar-refractivity contribution is 0.111. The fraction of sp³-hybridized carbons (Fsp3) is 0.192. The summed E-state index contributed by atoms with van der Waals surface area (Å²) in [5, 5.41) is 7.68. The summed E-state index contributed by atoms with van der Waals surface area (Å²) >= 11 is 12.0. The van der Waals surface area contributed by atoms with Crippen LogP contribution in [0.5, 0.6) is 5.75 Å². The number of ether oxygens (including phenoxy) is 1. The van der Waals surface area contributed by atoms with Crippen LogP contribution >= 0.6 is 23.2 Å². The van der Waals surface area contributed by atoms with Crippen LogP contribution in [0.15, 0.2) is 54.7 Å². The molecule has 4 aromatic rings. The molecule has 2 aromatic heterocycles. The Morgan fingerprint density at radius 3 is 2.29 bits per heavy atom. The molecule has 0 aliphatic rings.